The van der Waals surface area contributed by atoms with Crippen molar-refractivity contribution < 1.29 is 22.7 Å². The van der Waals surface area contributed by atoms with Crippen LogP contribution in [0.3, 0.4) is 0 Å². The van der Waals surface area contributed by atoms with Crippen LogP contribution in [0.1, 0.15) is 6.92 Å². The van der Waals surface area contributed by atoms with Crippen molar-refractivity contribution in [1.29, 1.82) is 0 Å². The summed E-state index contributed by atoms with van der Waals surface area (Å²) in [6.45, 7) is 2.82. The smallest absolute Gasteiger partial charge is 0.319 e. The lowest BCUT2D eigenvalue weighted by molar-refractivity contribution is 0.198. The van der Waals surface area contributed by atoms with E-state index in [4.69, 9.17) is 20.2 Å². The van der Waals surface area contributed by atoms with E-state index in [-0.39, 0.29) is 10.6 Å². The highest BCUT2D eigenvalue weighted by molar-refractivity contribution is 8.13. The third-order valence-electron chi connectivity index (χ3n) is 2.37. The highest BCUT2D eigenvalue weighted by atomic mass is 35.7. The second-order valence-electron chi connectivity index (χ2n) is 3.90. The molecule has 118 valence electrons. The van der Waals surface area contributed by atoms with Gasteiger partial charge in [-0.05, 0) is 25.1 Å². The highest BCUT2D eigenvalue weighted by Gasteiger charge is 2.15. The monoisotopic (exact) mass is 336 g/mol. The van der Waals surface area contributed by atoms with Crippen LogP contribution in [0, 0.1) is 0 Å². The number of hydrogen-bond donors (Lipinski definition) is 2. The highest BCUT2D eigenvalue weighted by Crippen LogP contribution is 2.29. The van der Waals surface area contributed by atoms with Crippen LogP contribution in [0.15, 0.2) is 23.1 Å². The maximum Gasteiger partial charge on any atom is 0.319 e. The molecular weight excluding hydrogens is 320 g/mol. The van der Waals surface area contributed by atoms with E-state index >= 15 is 0 Å². The van der Waals surface area contributed by atoms with Gasteiger partial charge in [0.1, 0.15) is 5.75 Å². The molecule has 0 radical (unpaired) electrons. The minimum absolute atomic E-state index is 0.125. The summed E-state index contributed by atoms with van der Waals surface area (Å²) in [5, 5.41) is 5.06. The number of methoxy groups -OCH3 is 1. The predicted molar refractivity (Wildman–Crippen MR) is 79.5 cm³/mol. The molecule has 21 heavy (non-hydrogen) atoms. The molecule has 0 saturated heterocycles. The molecule has 0 aliphatic carbocycles. The molecule has 1 rings (SSSR count). The summed E-state index contributed by atoms with van der Waals surface area (Å²) in [6.07, 6.45) is 0. The first-order valence-corrected chi connectivity index (χ1v) is 8.44. The molecule has 0 fully saturated rings. The van der Waals surface area contributed by atoms with Crippen LogP contribution in [-0.4, -0.2) is 41.3 Å². The van der Waals surface area contributed by atoms with Crippen LogP contribution < -0.4 is 15.4 Å². The molecule has 0 unspecified atom stereocenters. The zero-order valence-corrected chi connectivity index (χ0v) is 13.3. The van der Waals surface area contributed by atoms with E-state index in [0.29, 0.717) is 25.5 Å². The molecule has 9 heteroatoms. The van der Waals surface area contributed by atoms with Gasteiger partial charge >= 0.3 is 6.03 Å². The Morgan fingerprint density at radius 1 is 1.38 bits per heavy atom. The number of hydrogen-bond acceptors (Lipinski definition) is 5. The lowest BCUT2D eigenvalue weighted by Crippen LogP contribution is -2.31. The number of amides is 2. The first-order chi connectivity index (χ1) is 9.88. The summed E-state index contributed by atoms with van der Waals surface area (Å²) in [6, 6.07) is 3.48. The fourth-order valence-corrected chi connectivity index (χ4v) is 2.25. The third-order valence-corrected chi connectivity index (χ3v) is 3.72. The molecule has 1 aromatic rings. The summed E-state index contributed by atoms with van der Waals surface area (Å²) in [5.74, 6) is 0.350. The quantitative estimate of drug-likeness (QED) is 0.584. The first kappa shape index (κ1) is 17.5. The Morgan fingerprint density at radius 2 is 2.10 bits per heavy atom. The van der Waals surface area contributed by atoms with Gasteiger partial charge in [-0.15, -0.1) is 0 Å². The molecule has 0 aromatic heterocycles. The summed E-state index contributed by atoms with van der Waals surface area (Å²) in [5.41, 5.74) is 0.216. The van der Waals surface area contributed by atoms with Gasteiger partial charge in [0.05, 0.1) is 23.8 Å². The molecule has 0 aliphatic rings. The van der Waals surface area contributed by atoms with Gasteiger partial charge in [0, 0.05) is 24.3 Å². The van der Waals surface area contributed by atoms with Gasteiger partial charge in [-0.3, -0.25) is 0 Å². The normalized spacial score (nSPS) is 11.0. The third kappa shape index (κ3) is 5.78. The molecule has 1 aromatic carbocycles. The minimum Gasteiger partial charge on any atom is -0.492 e. The molecule has 2 N–H and O–H groups in total. The van der Waals surface area contributed by atoms with Crippen LogP contribution in [0.2, 0.25) is 0 Å². The average molecular weight is 337 g/mol. The second-order valence-corrected chi connectivity index (χ2v) is 6.47. The Balaban J connectivity index is 2.93. The maximum absolute atomic E-state index is 11.7. The van der Waals surface area contributed by atoms with Gasteiger partial charge in [0.15, 0.2) is 0 Å². The molecule has 0 aliphatic heterocycles. The van der Waals surface area contributed by atoms with Crippen molar-refractivity contribution >= 4 is 31.5 Å². The second kappa shape index (κ2) is 8.06. The zero-order valence-electron chi connectivity index (χ0n) is 11.7. The standard InChI is InChI=1S/C12H17ClN2O5S/c1-3-20-11-5-4-9(21(13,17)18)8-10(11)15-12(16)14-6-7-19-2/h4-5,8H,3,6-7H2,1-2H3,(H2,14,15,16). The minimum atomic E-state index is -3.89. The molecule has 0 saturated carbocycles. The van der Waals surface area contributed by atoms with E-state index in [9.17, 15) is 13.2 Å². The van der Waals surface area contributed by atoms with E-state index < -0.39 is 15.1 Å². The van der Waals surface area contributed by atoms with Crippen molar-refractivity contribution in [2.45, 2.75) is 11.8 Å². The van der Waals surface area contributed by atoms with Crippen LogP contribution in [0.5, 0.6) is 5.75 Å². The number of carbonyl (C=O) groups is 1. The van der Waals surface area contributed by atoms with Gasteiger partial charge in [0.25, 0.3) is 9.05 Å². The van der Waals surface area contributed by atoms with E-state index in [2.05, 4.69) is 10.6 Å². The number of urea groups is 1. The lowest BCUT2D eigenvalue weighted by atomic mass is 10.3. The summed E-state index contributed by atoms with van der Waals surface area (Å²) < 4.78 is 32.8. The van der Waals surface area contributed by atoms with Crippen LogP contribution >= 0.6 is 10.7 Å². The molecule has 7 nitrogen and oxygen atoms in total. The fourth-order valence-electron chi connectivity index (χ4n) is 1.47. The molecule has 0 spiro atoms. The van der Waals surface area contributed by atoms with Gasteiger partial charge in [-0.1, -0.05) is 0 Å². The Hall–Kier alpha value is -1.51. The van der Waals surface area contributed by atoms with E-state index in [1.165, 1.54) is 25.3 Å². The predicted octanol–water partition coefficient (Wildman–Crippen LogP) is 1.78. The molecule has 0 heterocycles. The van der Waals surface area contributed by atoms with Gasteiger partial charge in [0.2, 0.25) is 0 Å². The topological polar surface area (TPSA) is 93.7 Å². The van der Waals surface area contributed by atoms with Gasteiger partial charge in [-0.25, -0.2) is 13.2 Å². The lowest BCUT2D eigenvalue weighted by Gasteiger charge is -2.13. The van der Waals surface area contributed by atoms with E-state index in [1.807, 2.05) is 0 Å². The van der Waals surface area contributed by atoms with Crippen molar-refractivity contribution in [3.63, 3.8) is 0 Å². The van der Waals surface area contributed by atoms with Gasteiger partial charge in [-0.2, -0.15) is 0 Å². The number of benzene rings is 1. The number of ether oxygens (including phenoxy) is 2. The average Bonchev–Trinajstić information content (AvgIpc) is 2.40. The van der Waals surface area contributed by atoms with Gasteiger partial charge < -0.3 is 20.1 Å². The Labute approximate surface area is 128 Å². The summed E-state index contributed by atoms with van der Waals surface area (Å²) in [4.78, 5) is 11.6. The Kier molecular flexibility index (Phi) is 6.73. The van der Waals surface area contributed by atoms with Crippen molar-refractivity contribution in [2.24, 2.45) is 0 Å². The van der Waals surface area contributed by atoms with Crippen molar-refractivity contribution in [1.82, 2.24) is 5.32 Å². The van der Waals surface area contributed by atoms with Crippen molar-refractivity contribution in [2.75, 3.05) is 32.2 Å². The van der Waals surface area contributed by atoms with Crippen LogP contribution in [0.25, 0.3) is 0 Å². The van der Waals surface area contributed by atoms with Crippen LogP contribution in [0.4, 0.5) is 10.5 Å². The molecular formula is C12H17ClN2O5S. The van der Waals surface area contributed by atoms with Crippen molar-refractivity contribution in [3.8, 4) is 5.75 Å². The summed E-state index contributed by atoms with van der Waals surface area (Å²) in [7, 11) is 2.91. The zero-order chi connectivity index (χ0) is 15.9. The largest absolute Gasteiger partial charge is 0.492 e. The van der Waals surface area contributed by atoms with Crippen LogP contribution in [-0.2, 0) is 13.8 Å². The molecule has 0 bridgehead atoms. The number of halogens is 1. The number of anilines is 1. The molecule has 0 atom stereocenters. The Bertz CT molecular complexity index is 591. The summed E-state index contributed by atoms with van der Waals surface area (Å²) >= 11 is 0. The maximum atomic E-state index is 11.7. The fraction of sp³-hybridized carbons (Fsp3) is 0.417. The van der Waals surface area contributed by atoms with E-state index in [1.54, 1.807) is 6.92 Å². The number of carbonyl (C=O) groups excluding carboxylic acids is 1. The number of rotatable bonds is 7. The Morgan fingerprint density at radius 3 is 2.67 bits per heavy atom. The van der Waals surface area contributed by atoms with Crippen molar-refractivity contribution in [3.05, 3.63) is 18.2 Å². The molecule has 2 amide bonds. The van der Waals surface area contributed by atoms with E-state index in [0.717, 1.165) is 0 Å². The number of nitrogens with one attached hydrogen (secondary N) is 2. The first-order valence-electron chi connectivity index (χ1n) is 6.13. The SMILES string of the molecule is CCOc1ccc(S(=O)(=O)Cl)cc1NC(=O)NCCOC.